The van der Waals surface area contributed by atoms with Crippen LogP contribution in [0.5, 0.6) is 0 Å². The van der Waals surface area contributed by atoms with Crippen LogP contribution < -0.4 is 10.6 Å². The molecule has 0 aromatic heterocycles. The number of rotatable bonds is 1. The summed E-state index contributed by atoms with van der Waals surface area (Å²) in [6, 6.07) is 6.77. The van der Waals surface area contributed by atoms with Crippen molar-refractivity contribution >= 4 is 23.6 Å². The number of carbonyl (C=O) groups is 2. The Hall–Kier alpha value is -1.79. The normalized spacial score (nSPS) is 26.6. The van der Waals surface area contributed by atoms with Crippen LogP contribution in [0.1, 0.15) is 45.2 Å². The molecule has 2 aliphatic heterocycles. The Labute approximate surface area is 152 Å². The van der Waals surface area contributed by atoms with E-state index in [1.807, 2.05) is 32.9 Å². The average Bonchev–Trinajstić information content (AvgIpc) is 2.82. The van der Waals surface area contributed by atoms with Gasteiger partial charge in [0.1, 0.15) is 17.3 Å². The number of hydrogen-bond acceptors (Lipinski definition) is 4. The molecule has 2 atom stereocenters. The number of nitrogens with zero attached hydrogens (tertiary/aromatic N) is 1. The van der Waals surface area contributed by atoms with Crippen molar-refractivity contribution in [3.8, 4) is 0 Å². The lowest BCUT2D eigenvalue weighted by Crippen LogP contribution is -2.61. The second kappa shape index (κ2) is 6.50. The summed E-state index contributed by atoms with van der Waals surface area (Å²) in [4.78, 5) is 26.5. The maximum atomic E-state index is 12.5. The molecule has 2 saturated heterocycles. The Morgan fingerprint density at radius 1 is 1.32 bits per heavy atom. The first-order chi connectivity index (χ1) is 11.7. The lowest BCUT2D eigenvalue weighted by Gasteiger charge is -2.40. The van der Waals surface area contributed by atoms with Crippen LogP contribution in [0.25, 0.3) is 0 Å². The number of halogens is 1. The van der Waals surface area contributed by atoms with Crippen molar-refractivity contribution in [2.45, 2.75) is 50.9 Å². The minimum atomic E-state index is -0.615. The predicted molar refractivity (Wildman–Crippen MR) is 95.2 cm³/mol. The van der Waals surface area contributed by atoms with Crippen molar-refractivity contribution in [3.05, 3.63) is 34.9 Å². The van der Waals surface area contributed by atoms with E-state index in [4.69, 9.17) is 16.3 Å². The predicted octanol–water partition coefficient (Wildman–Crippen LogP) is 2.83. The van der Waals surface area contributed by atoms with Crippen molar-refractivity contribution in [2.24, 2.45) is 0 Å². The minimum Gasteiger partial charge on any atom is -0.444 e. The van der Waals surface area contributed by atoms with Gasteiger partial charge in [0, 0.05) is 11.6 Å². The fraction of sp³-hybridized carbons (Fsp3) is 0.556. The molecule has 2 unspecified atom stereocenters. The van der Waals surface area contributed by atoms with Crippen LogP contribution in [0.15, 0.2) is 24.3 Å². The quantitative estimate of drug-likeness (QED) is 0.802. The first kappa shape index (κ1) is 18.0. The SMILES string of the molecule is CC(C)(C)OC(=O)N1CCCC2(C1)NC(=O)C(c1ccc(Cl)cc1)N2. The molecule has 2 fully saturated rings. The molecule has 25 heavy (non-hydrogen) atoms. The summed E-state index contributed by atoms with van der Waals surface area (Å²) in [5.74, 6) is -0.0895. The number of benzene rings is 1. The van der Waals surface area contributed by atoms with Gasteiger partial charge in [0.05, 0.1) is 6.54 Å². The highest BCUT2D eigenvalue weighted by atomic mass is 35.5. The van der Waals surface area contributed by atoms with Gasteiger partial charge in [-0.1, -0.05) is 23.7 Å². The largest absolute Gasteiger partial charge is 0.444 e. The Morgan fingerprint density at radius 2 is 2.00 bits per heavy atom. The van der Waals surface area contributed by atoms with E-state index in [0.29, 0.717) is 18.1 Å². The Bertz CT molecular complexity index is 671. The van der Waals surface area contributed by atoms with Crippen LogP contribution in [-0.4, -0.2) is 41.3 Å². The first-order valence-corrected chi connectivity index (χ1v) is 8.88. The zero-order valence-corrected chi connectivity index (χ0v) is 15.5. The van der Waals surface area contributed by atoms with Crippen molar-refractivity contribution < 1.29 is 14.3 Å². The number of hydrogen-bond donors (Lipinski definition) is 2. The van der Waals surface area contributed by atoms with Gasteiger partial charge in [-0.25, -0.2) is 4.79 Å². The Morgan fingerprint density at radius 3 is 2.64 bits per heavy atom. The second-order valence-corrected chi connectivity index (χ2v) is 8.14. The fourth-order valence-electron chi connectivity index (χ4n) is 3.33. The van der Waals surface area contributed by atoms with Gasteiger partial charge in [-0.2, -0.15) is 0 Å². The van der Waals surface area contributed by atoms with E-state index in [1.165, 1.54) is 0 Å². The van der Waals surface area contributed by atoms with Gasteiger partial charge in [-0.15, -0.1) is 0 Å². The van der Waals surface area contributed by atoms with Gasteiger partial charge in [-0.3, -0.25) is 10.1 Å². The summed E-state index contributed by atoms with van der Waals surface area (Å²) < 4.78 is 5.46. The zero-order valence-electron chi connectivity index (χ0n) is 14.8. The number of carbonyl (C=O) groups excluding carboxylic acids is 2. The molecule has 6 nitrogen and oxygen atoms in total. The van der Waals surface area contributed by atoms with Crippen molar-refractivity contribution in [2.75, 3.05) is 13.1 Å². The number of likely N-dealkylation sites (tertiary alicyclic amines) is 1. The van der Waals surface area contributed by atoms with Gasteiger partial charge < -0.3 is 15.0 Å². The molecule has 2 amide bonds. The van der Waals surface area contributed by atoms with Gasteiger partial charge in [0.25, 0.3) is 0 Å². The number of nitrogens with one attached hydrogen (secondary N) is 2. The molecule has 0 bridgehead atoms. The maximum absolute atomic E-state index is 12.5. The third-order valence-electron chi connectivity index (χ3n) is 4.39. The number of amides is 2. The smallest absolute Gasteiger partial charge is 0.410 e. The summed E-state index contributed by atoms with van der Waals surface area (Å²) in [6.45, 7) is 6.54. The number of piperidine rings is 1. The maximum Gasteiger partial charge on any atom is 0.410 e. The molecule has 7 heteroatoms. The molecule has 136 valence electrons. The molecule has 2 aliphatic rings. The van der Waals surface area contributed by atoms with E-state index in [0.717, 1.165) is 18.4 Å². The van der Waals surface area contributed by atoms with Crippen LogP contribution in [-0.2, 0) is 9.53 Å². The fourth-order valence-corrected chi connectivity index (χ4v) is 3.46. The Kier molecular flexibility index (Phi) is 4.68. The lowest BCUT2D eigenvalue weighted by atomic mass is 9.99. The van der Waals surface area contributed by atoms with E-state index in [2.05, 4.69) is 10.6 Å². The van der Waals surface area contributed by atoms with E-state index in [1.54, 1.807) is 17.0 Å². The summed E-state index contributed by atoms with van der Waals surface area (Å²) in [7, 11) is 0. The topological polar surface area (TPSA) is 70.7 Å². The van der Waals surface area contributed by atoms with E-state index in [9.17, 15) is 9.59 Å². The summed E-state index contributed by atoms with van der Waals surface area (Å²) >= 11 is 5.92. The second-order valence-electron chi connectivity index (χ2n) is 7.71. The molecule has 1 aromatic rings. The molecular weight excluding hydrogens is 342 g/mol. The van der Waals surface area contributed by atoms with Crippen LogP contribution in [0.2, 0.25) is 5.02 Å². The Balaban J connectivity index is 1.73. The monoisotopic (exact) mass is 365 g/mol. The lowest BCUT2D eigenvalue weighted by molar-refractivity contribution is -0.121. The number of ether oxygens (including phenoxy) is 1. The van der Waals surface area contributed by atoms with Gasteiger partial charge >= 0.3 is 6.09 Å². The summed E-state index contributed by atoms with van der Waals surface area (Å²) in [6.07, 6.45) is 1.21. The molecule has 1 spiro atoms. The molecule has 3 rings (SSSR count). The van der Waals surface area contributed by atoms with Crippen LogP contribution in [0.4, 0.5) is 4.79 Å². The standard InChI is InChI=1S/C18H24ClN3O3/c1-17(2,3)25-16(24)22-10-4-9-18(11-22)20-14(15(23)21-18)12-5-7-13(19)8-6-12/h5-8,14,20H,4,9-11H2,1-3H3,(H,21,23). The third-order valence-corrected chi connectivity index (χ3v) is 4.64. The highest BCUT2D eigenvalue weighted by Gasteiger charge is 2.47. The molecule has 0 radical (unpaired) electrons. The molecular formula is C18H24ClN3O3. The summed E-state index contributed by atoms with van der Waals surface area (Å²) in [5.41, 5.74) is -0.302. The molecule has 0 saturated carbocycles. The highest BCUT2D eigenvalue weighted by Crippen LogP contribution is 2.30. The van der Waals surface area contributed by atoms with Gasteiger partial charge in [0.15, 0.2) is 0 Å². The van der Waals surface area contributed by atoms with Crippen molar-refractivity contribution in [1.82, 2.24) is 15.5 Å². The van der Waals surface area contributed by atoms with E-state index in [-0.39, 0.29) is 12.0 Å². The zero-order chi connectivity index (χ0) is 18.2. The van der Waals surface area contributed by atoms with E-state index >= 15 is 0 Å². The first-order valence-electron chi connectivity index (χ1n) is 8.51. The average molecular weight is 366 g/mol. The van der Waals surface area contributed by atoms with Gasteiger partial charge in [0.2, 0.25) is 5.91 Å². The highest BCUT2D eigenvalue weighted by molar-refractivity contribution is 6.30. The van der Waals surface area contributed by atoms with Crippen molar-refractivity contribution in [1.29, 1.82) is 0 Å². The van der Waals surface area contributed by atoms with Crippen LogP contribution in [0.3, 0.4) is 0 Å². The molecule has 2 N–H and O–H groups in total. The molecule has 0 aliphatic carbocycles. The molecule has 2 heterocycles. The third kappa shape index (κ3) is 4.07. The van der Waals surface area contributed by atoms with Crippen LogP contribution in [0, 0.1) is 0 Å². The van der Waals surface area contributed by atoms with Gasteiger partial charge in [-0.05, 0) is 51.3 Å². The summed E-state index contributed by atoms with van der Waals surface area (Å²) in [5, 5.41) is 7.06. The van der Waals surface area contributed by atoms with Crippen LogP contribution >= 0.6 is 11.6 Å². The van der Waals surface area contributed by atoms with E-state index < -0.39 is 17.3 Å². The minimum absolute atomic E-state index is 0.0895. The molecule has 1 aromatic carbocycles. The van der Waals surface area contributed by atoms with Crippen molar-refractivity contribution in [3.63, 3.8) is 0 Å².